The molecule has 3 aromatic carbocycles. The fraction of sp³-hybridized carbons (Fsp3) is 0.217. The summed E-state index contributed by atoms with van der Waals surface area (Å²) in [5, 5.41) is 3.94. The number of anilines is 1. The Morgan fingerprint density at radius 2 is 1.61 bits per heavy atom. The molecule has 0 aliphatic rings. The topological polar surface area (TPSA) is 39.7 Å². The summed E-state index contributed by atoms with van der Waals surface area (Å²) in [5.74, 6) is 2.09. The Bertz CT molecular complexity index is 943. The van der Waals surface area contributed by atoms with E-state index < -0.39 is 0 Å². The van der Waals surface area contributed by atoms with Gasteiger partial charge in [-0.25, -0.2) is 0 Å². The molecule has 0 bridgehead atoms. The Labute approximate surface area is 171 Å². The smallest absolute Gasteiger partial charge is 0.166 e. The number of ether oxygens (including phenoxy) is 3. The van der Waals surface area contributed by atoms with E-state index in [0.29, 0.717) is 29.7 Å². The number of halogens is 1. The number of methoxy groups -OCH3 is 2. The van der Waals surface area contributed by atoms with Gasteiger partial charge in [0.1, 0.15) is 12.4 Å². The zero-order chi connectivity index (χ0) is 19.9. The molecule has 5 heteroatoms. The van der Waals surface area contributed by atoms with E-state index in [0.717, 1.165) is 22.6 Å². The van der Waals surface area contributed by atoms with Gasteiger partial charge in [0.05, 0.1) is 19.2 Å². The summed E-state index contributed by atoms with van der Waals surface area (Å²) in [7, 11) is 3.25. The van der Waals surface area contributed by atoms with Gasteiger partial charge < -0.3 is 19.5 Å². The maximum Gasteiger partial charge on any atom is 0.166 e. The monoisotopic (exact) mass is 397 g/mol. The minimum atomic E-state index is 0.481. The fourth-order valence-electron chi connectivity index (χ4n) is 2.92. The van der Waals surface area contributed by atoms with Gasteiger partial charge in [-0.1, -0.05) is 48.0 Å². The zero-order valence-electron chi connectivity index (χ0n) is 16.3. The van der Waals surface area contributed by atoms with E-state index in [-0.39, 0.29) is 0 Å². The molecule has 4 nitrogen and oxygen atoms in total. The van der Waals surface area contributed by atoms with E-state index in [2.05, 4.69) is 24.4 Å². The van der Waals surface area contributed by atoms with Gasteiger partial charge in [-0.2, -0.15) is 0 Å². The number of para-hydroxylation sites is 1. The van der Waals surface area contributed by atoms with Gasteiger partial charge in [0.25, 0.3) is 0 Å². The summed E-state index contributed by atoms with van der Waals surface area (Å²) < 4.78 is 16.9. The van der Waals surface area contributed by atoms with Crippen molar-refractivity contribution in [1.29, 1.82) is 0 Å². The highest BCUT2D eigenvalue weighted by molar-refractivity contribution is 6.32. The Kier molecular flexibility index (Phi) is 6.66. The van der Waals surface area contributed by atoms with Crippen LogP contribution in [0.5, 0.6) is 17.2 Å². The van der Waals surface area contributed by atoms with Crippen molar-refractivity contribution in [3.63, 3.8) is 0 Å². The average molecular weight is 398 g/mol. The van der Waals surface area contributed by atoms with Crippen molar-refractivity contribution in [2.75, 3.05) is 19.5 Å². The summed E-state index contributed by atoms with van der Waals surface area (Å²) in [5.41, 5.74) is 4.25. The van der Waals surface area contributed by atoms with Gasteiger partial charge in [0.15, 0.2) is 11.5 Å². The zero-order valence-corrected chi connectivity index (χ0v) is 17.0. The second kappa shape index (κ2) is 9.38. The van der Waals surface area contributed by atoms with Gasteiger partial charge in [-0.05, 0) is 42.3 Å². The maximum absolute atomic E-state index is 6.21. The van der Waals surface area contributed by atoms with Crippen molar-refractivity contribution in [2.45, 2.75) is 20.1 Å². The molecule has 0 heterocycles. The van der Waals surface area contributed by atoms with E-state index in [1.807, 2.05) is 48.5 Å². The van der Waals surface area contributed by atoms with E-state index in [1.54, 1.807) is 14.2 Å². The van der Waals surface area contributed by atoms with Crippen LogP contribution in [0.3, 0.4) is 0 Å². The number of aryl methyl sites for hydroxylation is 1. The van der Waals surface area contributed by atoms with Crippen LogP contribution in [-0.2, 0) is 13.2 Å². The van der Waals surface area contributed by atoms with Crippen molar-refractivity contribution in [3.05, 3.63) is 82.4 Å². The van der Waals surface area contributed by atoms with Gasteiger partial charge in [0.2, 0.25) is 0 Å². The van der Waals surface area contributed by atoms with Gasteiger partial charge in [-0.3, -0.25) is 0 Å². The third kappa shape index (κ3) is 4.70. The Hall–Kier alpha value is -2.85. The second-order valence-corrected chi connectivity index (χ2v) is 6.77. The van der Waals surface area contributed by atoms with Crippen LogP contribution in [0.4, 0.5) is 5.69 Å². The molecule has 0 unspecified atom stereocenters. The molecule has 28 heavy (non-hydrogen) atoms. The predicted octanol–water partition coefficient (Wildman–Crippen LogP) is 5.86. The molecule has 0 saturated carbocycles. The van der Waals surface area contributed by atoms with Gasteiger partial charge >= 0.3 is 0 Å². The first kappa shape index (κ1) is 19.9. The molecule has 0 spiro atoms. The average Bonchev–Trinajstić information content (AvgIpc) is 2.72. The van der Waals surface area contributed by atoms with E-state index in [1.165, 1.54) is 5.56 Å². The quantitative estimate of drug-likeness (QED) is 0.517. The van der Waals surface area contributed by atoms with Crippen LogP contribution in [0, 0.1) is 6.92 Å². The molecule has 0 aliphatic carbocycles. The van der Waals surface area contributed by atoms with Crippen molar-refractivity contribution < 1.29 is 14.2 Å². The molecular formula is C23H24ClNO3. The first-order valence-corrected chi connectivity index (χ1v) is 9.40. The molecule has 146 valence electrons. The Balaban J connectivity index is 1.77. The molecule has 1 N–H and O–H groups in total. The van der Waals surface area contributed by atoms with Crippen LogP contribution in [0.25, 0.3) is 0 Å². The lowest BCUT2D eigenvalue weighted by Crippen LogP contribution is -2.06. The van der Waals surface area contributed by atoms with E-state index >= 15 is 0 Å². The van der Waals surface area contributed by atoms with Crippen LogP contribution < -0.4 is 19.5 Å². The highest BCUT2D eigenvalue weighted by Crippen LogP contribution is 2.33. The summed E-state index contributed by atoms with van der Waals surface area (Å²) in [6.07, 6.45) is 0. The van der Waals surface area contributed by atoms with Crippen molar-refractivity contribution in [1.82, 2.24) is 0 Å². The molecular weight excluding hydrogens is 374 g/mol. The third-order valence-electron chi connectivity index (χ3n) is 4.55. The van der Waals surface area contributed by atoms with E-state index in [4.69, 9.17) is 25.8 Å². The fourth-order valence-corrected chi connectivity index (χ4v) is 3.18. The van der Waals surface area contributed by atoms with E-state index in [9.17, 15) is 0 Å². The minimum Gasteiger partial charge on any atom is -0.495 e. The van der Waals surface area contributed by atoms with Crippen LogP contribution in [-0.4, -0.2) is 14.2 Å². The maximum atomic E-state index is 6.21. The highest BCUT2D eigenvalue weighted by Gasteiger charge is 2.12. The molecule has 3 rings (SSSR count). The van der Waals surface area contributed by atoms with Crippen LogP contribution in [0.15, 0.2) is 60.7 Å². The Morgan fingerprint density at radius 3 is 2.32 bits per heavy atom. The third-order valence-corrected chi connectivity index (χ3v) is 4.84. The summed E-state index contributed by atoms with van der Waals surface area (Å²) in [6.45, 7) is 3.13. The standard InChI is InChI=1S/C23H24ClNO3/c1-16-7-4-5-8-18(16)15-28-23-17(9-6-10-22(23)27-3)14-25-19-11-12-21(26-2)20(24)13-19/h4-13,25H,14-15H2,1-3H3. The molecule has 3 aromatic rings. The predicted molar refractivity (Wildman–Crippen MR) is 114 cm³/mol. The molecule has 0 aliphatic heterocycles. The van der Waals surface area contributed by atoms with Crippen molar-refractivity contribution in [3.8, 4) is 17.2 Å². The summed E-state index contributed by atoms with van der Waals surface area (Å²) in [6, 6.07) is 19.7. The SMILES string of the molecule is COc1ccc(NCc2cccc(OC)c2OCc2ccccc2C)cc1Cl. The first-order chi connectivity index (χ1) is 13.6. The van der Waals surface area contributed by atoms with Crippen LogP contribution in [0.1, 0.15) is 16.7 Å². The molecule has 0 fully saturated rings. The molecule has 0 aromatic heterocycles. The number of rotatable bonds is 8. The first-order valence-electron chi connectivity index (χ1n) is 9.03. The second-order valence-electron chi connectivity index (χ2n) is 6.37. The molecule has 0 amide bonds. The lowest BCUT2D eigenvalue weighted by molar-refractivity contribution is 0.281. The summed E-state index contributed by atoms with van der Waals surface area (Å²) >= 11 is 6.21. The number of hydrogen-bond acceptors (Lipinski definition) is 4. The van der Waals surface area contributed by atoms with Gasteiger partial charge in [0, 0.05) is 17.8 Å². The molecule has 0 saturated heterocycles. The normalized spacial score (nSPS) is 10.4. The number of hydrogen-bond donors (Lipinski definition) is 1. The largest absolute Gasteiger partial charge is 0.495 e. The lowest BCUT2D eigenvalue weighted by Gasteiger charge is -2.17. The number of nitrogens with one attached hydrogen (secondary N) is 1. The number of benzene rings is 3. The summed E-state index contributed by atoms with van der Waals surface area (Å²) in [4.78, 5) is 0. The van der Waals surface area contributed by atoms with Gasteiger partial charge in [-0.15, -0.1) is 0 Å². The van der Waals surface area contributed by atoms with Crippen molar-refractivity contribution in [2.24, 2.45) is 0 Å². The van der Waals surface area contributed by atoms with Crippen LogP contribution >= 0.6 is 11.6 Å². The Morgan fingerprint density at radius 1 is 0.857 bits per heavy atom. The molecule has 0 radical (unpaired) electrons. The molecule has 0 atom stereocenters. The lowest BCUT2D eigenvalue weighted by atomic mass is 10.1. The minimum absolute atomic E-state index is 0.481. The highest BCUT2D eigenvalue weighted by atomic mass is 35.5. The van der Waals surface area contributed by atoms with Crippen molar-refractivity contribution >= 4 is 17.3 Å². The van der Waals surface area contributed by atoms with Crippen LogP contribution in [0.2, 0.25) is 5.02 Å².